The Bertz CT molecular complexity index is 742. The first-order chi connectivity index (χ1) is 12.2. The fourth-order valence-electron chi connectivity index (χ4n) is 3.20. The Morgan fingerprint density at radius 3 is 2.80 bits per heavy atom. The highest BCUT2D eigenvalue weighted by Gasteiger charge is 2.34. The molecule has 1 saturated heterocycles. The summed E-state index contributed by atoms with van der Waals surface area (Å²) < 4.78 is 18.4. The van der Waals surface area contributed by atoms with E-state index >= 15 is 0 Å². The SMILES string of the molecule is O=C(NCc1ccc(F)cc1)N1CCCC[C@@H]1c1nc(C2CC2)no1. The van der Waals surface area contributed by atoms with Gasteiger partial charge in [-0.2, -0.15) is 4.98 Å². The van der Waals surface area contributed by atoms with Crippen molar-refractivity contribution in [1.29, 1.82) is 0 Å². The highest BCUT2D eigenvalue weighted by Crippen LogP contribution is 2.39. The molecule has 6 nitrogen and oxygen atoms in total. The van der Waals surface area contributed by atoms with E-state index in [1.165, 1.54) is 12.1 Å². The third-order valence-electron chi connectivity index (χ3n) is 4.81. The van der Waals surface area contributed by atoms with Crippen LogP contribution in [0.1, 0.15) is 61.3 Å². The summed E-state index contributed by atoms with van der Waals surface area (Å²) in [5, 5.41) is 6.97. The van der Waals surface area contributed by atoms with Gasteiger partial charge in [0.15, 0.2) is 5.82 Å². The number of rotatable bonds is 4. The first kappa shape index (κ1) is 16.1. The van der Waals surface area contributed by atoms with E-state index in [0.29, 0.717) is 24.9 Å². The highest BCUT2D eigenvalue weighted by atomic mass is 19.1. The van der Waals surface area contributed by atoms with Gasteiger partial charge in [-0.3, -0.25) is 0 Å². The number of urea groups is 1. The van der Waals surface area contributed by atoms with Crippen molar-refractivity contribution in [2.75, 3.05) is 6.54 Å². The molecular formula is C18H21FN4O2. The van der Waals surface area contributed by atoms with Crippen molar-refractivity contribution in [2.24, 2.45) is 0 Å². The number of carbonyl (C=O) groups is 1. The van der Waals surface area contributed by atoms with E-state index in [-0.39, 0.29) is 17.9 Å². The van der Waals surface area contributed by atoms with E-state index in [2.05, 4.69) is 15.5 Å². The molecule has 1 aliphatic heterocycles. The van der Waals surface area contributed by atoms with Crippen LogP contribution >= 0.6 is 0 Å². The number of nitrogens with zero attached hydrogens (tertiary/aromatic N) is 3. The van der Waals surface area contributed by atoms with Crippen molar-refractivity contribution < 1.29 is 13.7 Å². The fraction of sp³-hybridized carbons (Fsp3) is 0.500. The van der Waals surface area contributed by atoms with Crippen LogP contribution in [0.5, 0.6) is 0 Å². The maximum Gasteiger partial charge on any atom is 0.318 e. The number of hydrogen-bond acceptors (Lipinski definition) is 4. The molecule has 0 radical (unpaired) electrons. The summed E-state index contributed by atoms with van der Waals surface area (Å²) in [5.41, 5.74) is 0.858. The molecular weight excluding hydrogens is 323 g/mol. The zero-order chi connectivity index (χ0) is 17.2. The molecule has 7 heteroatoms. The minimum Gasteiger partial charge on any atom is -0.337 e. The van der Waals surface area contributed by atoms with Crippen molar-refractivity contribution in [3.8, 4) is 0 Å². The minimum atomic E-state index is -0.283. The van der Waals surface area contributed by atoms with Gasteiger partial charge in [-0.05, 0) is 49.8 Å². The number of aromatic nitrogens is 2. The quantitative estimate of drug-likeness (QED) is 0.921. The lowest BCUT2D eigenvalue weighted by molar-refractivity contribution is 0.131. The largest absolute Gasteiger partial charge is 0.337 e. The number of benzene rings is 1. The van der Waals surface area contributed by atoms with E-state index in [9.17, 15) is 9.18 Å². The van der Waals surface area contributed by atoms with E-state index in [0.717, 1.165) is 43.5 Å². The maximum absolute atomic E-state index is 13.0. The number of piperidine rings is 1. The monoisotopic (exact) mass is 344 g/mol. The van der Waals surface area contributed by atoms with Gasteiger partial charge >= 0.3 is 6.03 Å². The summed E-state index contributed by atoms with van der Waals surface area (Å²) in [7, 11) is 0. The van der Waals surface area contributed by atoms with Crippen LogP contribution in [0.2, 0.25) is 0 Å². The summed E-state index contributed by atoms with van der Waals surface area (Å²) >= 11 is 0. The predicted octanol–water partition coefficient (Wildman–Crippen LogP) is 3.52. The van der Waals surface area contributed by atoms with Gasteiger partial charge in [0, 0.05) is 19.0 Å². The molecule has 4 rings (SSSR count). The Kier molecular flexibility index (Phi) is 4.38. The second-order valence-electron chi connectivity index (χ2n) is 6.76. The average Bonchev–Trinajstić information content (AvgIpc) is 3.38. The second-order valence-corrected chi connectivity index (χ2v) is 6.76. The Balaban J connectivity index is 1.42. The molecule has 2 aliphatic rings. The average molecular weight is 344 g/mol. The van der Waals surface area contributed by atoms with Gasteiger partial charge in [0.05, 0.1) is 0 Å². The van der Waals surface area contributed by atoms with Crippen LogP contribution in [-0.2, 0) is 6.54 Å². The molecule has 1 saturated carbocycles. The molecule has 2 heterocycles. The second kappa shape index (κ2) is 6.82. The number of nitrogens with one attached hydrogen (secondary N) is 1. The summed E-state index contributed by atoms with van der Waals surface area (Å²) in [4.78, 5) is 18.9. The summed E-state index contributed by atoms with van der Waals surface area (Å²) in [6.07, 6.45) is 5.06. The van der Waals surface area contributed by atoms with Crippen molar-refractivity contribution in [3.63, 3.8) is 0 Å². The predicted molar refractivity (Wildman–Crippen MR) is 88.2 cm³/mol. The van der Waals surface area contributed by atoms with Gasteiger partial charge < -0.3 is 14.7 Å². The summed E-state index contributed by atoms with van der Waals surface area (Å²) in [6, 6.07) is 5.81. The van der Waals surface area contributed by atoms with Gasteiger partial charge in [0.2, 0.25) is 5.89 Å². The van der Waals surface area contributed by atoms with E-state index in [4.69, 9.17) is 4.52 Å². The molecule has 2 aromatic rings. The summed E-state index contributed by atoms with van der Waals surface area (Å²) in [6.45, 7) is 1.03. The molecule has 1 aromatic heterocycles. The van der Waals surface area contributed by atoms with Gasteiger partial charge in [0.25, 0.3) is 0 Å². The van der Waals surface area contributed by atoms with Crippen molar-refractivity contribution in [1.82, 2.24) is 20.4 Å². The molecule has 0 unspecified atom stereocenters. The van der Waals surface area contributed by atoms with Crippen molar-refractivity contribution >= 4 is 6.03 Å². The molecule has 1 atom stereocenters. The first-order valence-corrected chi connectivity index (χ1v) is 8.83. The lowest BCUT2D eigenvalue weighted by Crippen LogP contribution is -2.44. The summed E-state index contributed by atoms with van der Waals surface area (Å²) in [5.74, 6) is 1.46. The first-order valence-electron chi connectivity index (χ1n) is 8.83. The fourth-order valence-corrected chi connectivity index (χ4v) is 3.20. The van der Waals surface area contributed by atoms with Crippen LogP contribution in [0, 0.1) is 5.82 Å². The number of hydrogen-bond donors (Lipinski definition) is 1. The lowest BCUT2D eigenvalue weighted by Gasteiger charge is -2.33. The number of carbonyl (C=O) groups excluding carboxylic acids is 1. The topological polar surface area (TPSA) is 71.3 Å². The smallest absolute Gasteiger partial charge is 0.318 e. The Labute approximate surface area is 145 Å². The normalized spacial score (nSPS) is 20.5. The Hall–Kier alpha value is -2.44. The van der Waals surface area contributed by atoms with Gasteiger partial charge in [-0.1, -0.05) is 17.3 Å². The van der Waals surface area contributed by atoms with Crippen molar-refractivity contribution in [3.05, 3.63) is 47.4 Å². The van der Waals surface area contributed by atoms with Crippen LogP contribution in [0.3, 0.4) is 0 Å². The molecule has 2 fully saturated rings. The lowest BCUT2D eigenvalue weighted by atomic mass is 10.0. The third kappa shape index (κ3) is 3.65. The van der Waals surface area contributed by atoms with E-state index < -0.39 is 0 Å². The van der Waals surface area contributed by atoms with Crippen LogP contribution in [-0.4, -0.2) is 27.6 Å². The Morgan fingerprint density at radius 2 is 2.04 bits per heavy atom. The van der Waals surface area contributed by atoms with Crippen molar-refractivity contribution in [2.45, 2.75) is 50.6 Å². The standard InChI is InChI=1S/C18H21FN4O2/c19-14-8-4-12(5-9-14)11-20-18(24)23-10-2-1-3-15(23)17-21-16(22-25-17)13-6-7-13/h4-5,8-9,13,15H,1-3,6-7,10-11H2,(H,20,24)/t15-/m1/s1. The van der Waals surface area contributed by atoms with E-state index in [1.807, 2.05) is 0 Å². The van der Waals surface area contributed by atoms with Gasteiger partial charge in [-0.25, -0.2) is 9.18 Å². The minimum absolute atomic E-state index is 0.153. The highest BCUT2D eigenvalue weighted by molar-refractivity contribution is 5.74. The van der Waals surface area contributed by atoms with Crippen LogP contribution in [0.25, 0.3) is 0 Å². The molecule has 132 valence electrons. The molecule has 25 heavy (non-hydrogen) atoms. The zero-order valence-corrected chi connectivity index (χ0v) is 13.9. The van der Waals surface area contributed by atoms with Gasteiger partial charge in [-0.15, -0.1) is 0 Å². The molecule has 2 amide bonds. The van der Waals surface area contributed by atoms with Crippen LogP contribution in [0.15, 0.2) is 28.8 Å². The number of amides is 2. The van der Waals surface area contributed by atoms with Gasteiger partial charge in [0.1, 0.15) is 11.9 Å². The van der Waals surface area contributed by atoms with Crippen LogP contribution < -0.4 is 5.32 Å². The maximum atomic E-state index is 13.0. The molecule has 0 bridgehead atoms. The number of likely N-dealkylation sites (tertiary alicyclic amines) is 1. The third-order valence-corrected chi connectivity index (χ3v) is 4.81. The molecule has 1 aliphatic carbocycles. The van der Waals surface area contributed by atoms with E-state index in [1.54, 1.807) is 17.0 Å². The number of halogens is 1. The molecule has 1 N–H and O–H groups in total. The Morgan fingerprint density at radius 1 is 1.24 bits per heavy atom. The molecule has 0 spiro atoms. The zero-order valence-electron chi connectivity index (χ0n) is 13.9. The molecule has 1 aromatic carbocycles. The van der Waals surface area contributed by atoms with Crippen LogP contribution in [0.4, 0.5) is 9.18 Å².